The summed E-state index contributed by atoms with van der Waals surface area (Å²) in [7, 11) is 0. The zero-order valence-electron chi connectivity index (χ0n) is 14.1. The number of halogens is 3. The molecule has 1 aromatic heterocycles. The Morgan fingerprint density at radius 3 is 2.52 bits per heavy atom. The fraction of sp³-hybridized carbons (Fsp3) is 0.368. The Labute approximate surface area is 144 Å². The van der Waals surface area contributed by atoms with Crippen LogP contribution in [0.3, 0.4) is 0 Å². The molecule has 0 saturated heterocycles. The lowest BCUT2D eigenvalue weighted by molar-refractivity contribution is -0.142. The van der Waals surface area contributed by atoms with Gasteiger partial charge >= 0.3 is 12.2 Å². The van der Waals surface area contributed by atoms with Crippen LogP contribution < -0.4 is 4.74 Å². The molecular weight excluding hydrogens is 329 g/mol. The van der Waals surface area contributed by atoms with E-state index in [1.807, 2.05) is 43.3 Å². The molecule has 1 aliphatic rings. The lowest BCUT2D eigenvalue weighted by Gasteiger charge is -2.26. The van der Waals surface area contributed by atoms with Gasteiger partial charge in [0, 0.05) is 5.56 Å². The first-order valence-corrected chi connectivity index (χ1v) is 8.25. The van der Waals surface area contributed by atoms with Crippen molar-refractivity contribution in [3.63, 3.8) is 0 Å². The summed E-state index contributed by atoms with van der Waals surface area (Å²) in [6.07, 6.45) is -1.66. The van der Waals surface area contributed by atoms with Gasteiger partial charge in [0.25, 0.3) is 0 Å². The van der Waals surface area contributed by atoms with Gasteiger partial charge in [-0.2, -0.15) is 23.1 Å². The number of benzene rings is 1. The van der Waals surface area contributed by atoms with Gasteiger partial charge in [-0.1, -0.05) is 37.3 Å². The molecule has 132 valence electrons. The highest BCUT2D eigenvalue weighted by molar-refractivity contribution is 5.82. The maximum Gasteiger partial charge on any atom is 0.433 e. The van der Waals surface area contributed by atoms with E-state index in [0.29, 0.717) is 18.5 Å². The van der Waals surface area contributed by atoms with E-state index >= 15 is 0 Å². The van der Waals surface area contributed by atoms with Crippen LogP contribution in [0.25, 0.3) is 11.6 Å². The molecule has 1 aliphatic carbocycles. The number of fused-ring (bicyclic) bond motifs is 1. The third-order valence-corrected chi connectivity index (χ3v) is 4.09. The van der Waals surface area contributed by atoms with Crippen LogP contribution in [0.5, 0.6) is 6.01 Å². The second kappa shape index (κ2) is 6.86. The molecule has 0 N–H and O–H groups in total. The summed E-state index contributed by atoms with van der Waals surface area (Å²) >= 11 is 0. The van der Waals surface area contributed by atoms with Crippen molar-refractivity contribution in [1.29, 1.82) is 0 Å². The van der Waals surface area contributed by atoms with Crippen molar-refractivity contribution in [2.24, 2.45) is 5.92 Å². The van der Waals surface area contributed by atoms with Gasteiger partial charge < -0.3 is 4.74 Å². The lowest BCUT2D eigenvalue weighted by atomic mass is 9.82. The Morgan fingerprint density at radius 2 is 1.88 bits per heavy atom. The first-order chi connectivity index (χ1) is 11.9. The van der Waals surface area contributed by atoms with Crippen LogP contribution in [-0.2, 0) is 12.6 Å². The van der Waals surface area contributed by atoms with Gasteiger partial charge in [0.1, 0.15) is 0 Å². The third kappa shape index (κ3) is 3.83. The average molecular weight is 348 g/mol. The smallest absolute Gasteiger partial charge is 0.433 e. The van der Waals surface area contributed by atoms with Crippen molar-refractivity contribution in [2.75, 3.05) is 6.61 Å². The topological polar surface area (TPSA) is 35.0 Å². The van der Waals surface area contributed by atoms with Crippen LogP contribution in [0.2, 0.25) is 0 Å². The van der Waals surface area contributed by atoms with Gasteiger partial charge in [0.2, 0.25) is 0 Å². The Balaban J connectivity index is 2.19. The van der Waals surface area contributed by atoms with Crippen molar-refractivity contribution in [2.45, 2.75) is 32.9 Å². The quantitative estimate of drug-likeness (QED) is 0.781. The van der Waals surface area contributed by atoms with Crippen LogP contribution in [0.4, 0.5) is 13.2 Å². The van der Waals surface area contributed by atoms with E-state index in [4.69, 9.17) is 4.74 Å². The van der Waals surface area contributed by atoms with Crippen molar-refractivity contribution in [3.8, 4) is 6.01 Å². The van der Waals surface area contributed by atoms with E-state index in [9.17, 15) is 13.2 Å². The minimum absolute atomic E-state index is 0.0881. The first kappa shape index (κ1) is 17.5. The molecule has 6 heteroatoms. The highest BCUT2D eigenvalue weighted by Gasteiger charge is 2.39. The monoisotopic (exact) mass is 348 g/mol. The summed E-state index contributed by atoms with van der Waals surface area (Å²) in [4.78, 5) is 7.93. The first-order valence-electron chi connectivity index (χ1n) is 8.25. The molecule has 1 aromatic carbocycles. The highest BCUT2D eigenvalue weighted by atomic mass is 19.4. The van der Waals surface area contributed by atoms with E-state index in [2.05, 4.69) is 9.97 Å². The number of rotatable bonds is 3. The molecule has 0 unspecified atom stereocenters. The maximum absolute atomic E-state index is 13.5. The van der Waals surface area contributed by atoms with Crippen LogP contribution in [0, 0.1) is 5.92 Å². The summed E-state index contributed by atoms with van der Waals surface area (Å²) in [6.45, 7) is 3.85. The minimum atomic E-state index is -4.53. The number of nitrogens with zero attached hydrogens (tertiary/aromatic N) is 2. The van der Waals surface area contributed by atoms with Crippen molar-refractivity contribution in [1.82, 2.24) is 9.97 Å². The second-order valence-electron chi connectivity index (χ2n) is 6.21. The van der Waals surface area contributed by atoms with Gasteiger partial charge in [0.15, 0.2) is 5.69 Å². The minimum Gasteiger partial charge on any atom is -0.464 e. The SMILES string of the molecule is CCOc1nc2c(c(C(F)(F)F)n1)C[C@@H](C)C/C2=C\c1ccccc1. The Hall–Kier alpha value is -2.37. The predicted octanol–water partition coefficient (Wildman–Crippen LogP) is 5.02. The van der Waals surface area contributed by atoms with Crippen molar-refractivity contribution < 1.29 is 17.9 Å². The summed E-state index contributed by atoms with van der Waals surface area (Å²) in [5.41, 5.74) is 1.35. The maximum atomic E-state index is 13.5. The number of allylic oxidation sites excluding steroid dienone is 1. The molecule has 0 fully saturated rings. The van der Waals surface area contributed by atoms with E-state index in [0.717, 1.165) is 11.1 Å². The van der Waals surface area contributed by atoms with Gasteiger partial charge in [-0.05, 0) is 42.9 Å². The number of hydrogen-bond donors (Lipinski definition) is 0. The van der Waals surface area contributed by atoms with Crippen LogP contribution in [-0.4, -0.2) is 16.6 Å². The van der Waals surface area contributed by atoms with Crippen molar-refractivity contribution >= 4 is 11.6 Å². The predicted molar refractivity (Wildman–Crippen MR) is 90.0 cm³/mol. The molecule has 3 rings (SSSR count). The Kier molecular flexibility index (Phi) is 4.79. The van der Waals surface area contributed by atoms with E-state index < -0.39 is 11.9 Å². The molecule has 3 nitrogen and oxygen atoms in total. The lowest BCUT2D eigenvalue weighted by Crippen LogP contribution is -2.22. The molecule has 0 spiro atoms. The fourth-order valence-corrected chi connectivity index (χ4v) is 3.12. The Bertz CT molecular complexity index is 785. The zero-order valence-corrected chi connectivity index (χ0v) is 14.1. The van der Waals surface area contributed by atoms with E-state index in [-0.39, 0.29) is 24.1 Å². The van der Waals surface area contributed by atoms with Gasteiger partial charge in [-0.25, -0.2) is 0 Å². The van der Waals surface area contributed by atoms with Crippen LogP contribution in [0.15, 0.2) is 30.3 Å². The molecule has 2 aromatic rings. The molecule has 0 saturated carbocycles. The number of ether oxygens (including phenoxy) is 1. The van der Waals surface area contributed by atoms with Crippen LogP contribution >= 0.6 is 0 Å². The molecule has 0 aliphatic heterocycles. The summed E-state index contributed by atoms with van der Waals surface area (Å²) < 4.78 is 45.7. The summed E-state index contributed by atoms with van der Waals surface area (Å²) in [5, 5.41) is 0. The molecular formula is C19H19F3N2O. The molecule has 1 atom stereocenters. The largest absolute Gasteiger partial charge is 0.464 e. The number of aromatic nitrogens is 2. The molecule has 1 heterocycles. The number of hydrogen-bond acceptors (Lipinski definition) is 3. The zero-order chi connectivity index (χ0) is 18.0. The third-order valence-electron chi connectivity index (χ3n) is 4.09. The standard InChI is InChI=1S/C19H19F3N2O/c1-3-25-18-23-16-14(11-13-7-5-4-6-8-13)9-12(2)10-15(16)17(24-18)19(20,21)22/h4-8,11-12H,3,9-10H2,1-2H3/b14-11+/t12-/m0/s1. The van der Waals surface area contributed by atoms with Gasteiger partial charge in [-0.15, -0.1) is 0 Å². The van der Waals surface area contributed by atoms with E-state index in [1.165, 1.54) is 0 Å². The molecule has 0 bridgehead atoms. The fourth-order valence-electron chi connectivity index (χ4n) is 3.12. The number of alkyl halides is 3. The van der Waals surface area contributed by atoms with Crippen LogP contribution in [0.1, 0.15) is 42.8 Å². The van der Waals surface area contributed by atoms with Gasteiger partial charge in [0.05, 0.1) is 12.3 Å². The summed E-state index contributed by atoms with van der Waals surface area (Å²) in [6, 6.07) is 9.31. The molecule has 0 radical (unpaired) electrons. The molecule has 25 heavy (non-hydrogen) atoms. The van der Waals surface area contributed by atoms with Gasteiger partial charge in [-0.3, -0.25) is 0 Å². The Morgan fingerprint density at radius 1 is 1.16 bits per heavy atom. The normalized spacial score (nSPS) is 18.9. The van der Waals surface area contributed by atoms with E-state index in [1.54, 1.807) is 6.92 Å². The van der Waals surface area contributed by atoms with Crippen molar-refractivity contribution in [3.05, 3.63) is 52.8 Å². The second-order valence-corrected chi connectivity index (χ2v) is 6.21. The highest BCUT2D eigenvalue weighted by Crippen LogP contribution is 2.41. The molecule has 0 amide bonds. The average Bonchev–Trinajstić information content (AvgIpc) is 2.55. The summed E-state index contributed by atoms with van der Waals surface area (Å²) in [5.74, 6) is 0.0881.